The summed E-state index contributed by atoms with van der Waals surface area (Å²) in [6.45, 7) is 1.13. The number of carbonyl (C=O) groups excluding carboxylic acids is 2. The molecule has 0 aliphatic carbocycles. The molecule has 84 valence electrons. The van der Waals surface area contributed by atoms with Gasteiger partial charge in [-0.3, -0.25) is 9.69 Å². The molecule has 0 bridgehead atoms. The molecule has 1 aliphatic heterocycles. The van der Waals surface area contributed by atoms with E-state index in [-0.39, 0.29) is 18.5 Å². The van der Waals surface area contributed by atoms with E-state index in [1.807, 2.05) is 30.3 Å². The van der Waals surface area contributed by atoms with Crippen LogP contribution in [-0.2, 0) is 4.79 Å². The fraction of sp³-hybridized carbons (Fsp3) is 0.273. The van der Waals surface area contributed by atoms with Crippen molar-refractivity contribution < 1.29 is 9.59 Å². The van der Waals surface area contributed by atoms with Crippen LogP contribution in [0.25, 0.3) is 0 Å². The molecule has 16 heavy (non-hydrogen) atoms. The summed E-state index contributed by atoms with van der Waals surface area (Å²) in [5, 5.41) is 5.56. The fourth-order valence-corrected chi connectivity index (χ4v) is 1.54. The van der Waals surface area contributed by atoms with Crippen molar-refractivity contribution in [3.8, 4) is 0 Å². The number of nitrogens with one attached hydrogen (secondary N) is 2. The van der Waals surface area contributed by atoms with E-state index >= 15 is 0 Å². The van der Waals surface area contributed by atoms with Gasteiger partial charge in [0.25, 0.3) is 0 Å². The number of para-hydroxylation sites is 1. The highest BCUT2D eigenvalue weighted by atomic mass is 16.2. The minimum Gasteiger partial charge on any atom is -0.376 e. The van der Waals surface area contributed by atoms with E-state index in [2.05, 4.69) is 10.6 Å². The second-order valence-electron chi connectivity index (χ2n) is 3.50. The van der Waals surface area contributed by atoms with Crippen molar-refractivity contribution in [2.45, 2.75) is 0 Å². The maximum absolute atomic E-state index is 11.6. The molecule has 3 amide bonds. The highest BCUT2D eigenvalue weighted by Gasteiger charge is 2.25. The molecule has 1 heterocycles. The summed E-state index contributed by atoms with van der Waals surface area (Å²) >= 11 is 0. The smallest absolute Gasteiger partial charge is 0.324 e. The summed E-state index contributed by atoms with van der Waals surface area (Å²) in [7, 11) is 0. The lowest BCUT2D eigenvalue weighted by Gasteiger charge is -2.13. The molecular formula is C11H13N3O2. The topological polar surface area (TPSA) is 61.4 Å². The normalized spacial score (nSPS) is 14.8. The van der Waals surface area contributed by atoms with Gasteiger partial charge in [0.05, 0.1) is 6.54 Å². The van der Waals surface area contributed by atoms with Crippen LogP contribution in [0, 0.1) is 0 Å². The van der Waals surface area contributed by atoms with Gasteiger partial charge >= 0.3 is 6.03 Å². The van der Waals surface area contributed by atoms with Crippen LogP contribution in [0.4, 0.5) is 10.5 Å². The van der Waals surface area contributed by atoms with Crippen molar-refractivity contribution in [2.24, 2.45) is 0 Å². The second-order valence-corrected chi connectivity index (χ2v) is 3.50. The summed E-state index contributed by atoms with van der Waals surface area (Å²) in [4.78, 5) is 24.0. The first-order valence-corrected chi connectivity index (χ1v) is 5.14. The molecule has 0 atom stereocenters. The van der Waals surface area contributed by atoms with E-state index in [9.17, 15) is 9.59 Å². The van der Waals surface area contributed by atoms with Gasteiger partial charge in [-0.25, -0.2) is 4.79 Å². The quantitative estimate of drug-likeness (QED) is 0.784. The summed E-state index contributed by atoms with van der Waals surface area (Å²) in [5.41, 5.74) is 0.871. The molecule has 5 nitrogen and oxygen atoms in total. The van der Waals surface area contributed by atoms with Gasteiger partial charge in [0.15, 0.2) is 0 Å². The van der Waals surface area contributed by atoms with E-state index in [1.54, 1.807) is 0 Å². The van der Waals surface area contributed by atoms with Crippen molar-refractivity contribution in [1.82, 2.24) is 10.2 Å². The van der Waals surface area contributed by atoms with Gasteiger partial charge in [-0.05, 0) is 12.1 Å². The van der Waals surface area contributed by atoms with Gasteiger partial charge in [0.2, 0.25) is 5.91 Å². The molecule has 2 N–H and O–H groups in total. The van der Waals surface area contributed by atoms with Crippen LogP contribution in [0.1, 0.15) is 0 Å². The first-order chi connectivity index (χ1) is 7.77. The predicted octanol–water partition coefficient (Wildman–Crippen LogP) is 0.650. The molecule has 0 radical (unpaired) electrons. The Morgan fingerprint density at radius 2 is 2.12 bits per heavy atom. The third kappa shape index (κ3) is 2.31. The lowest BCUT2D eigenvalue weighted by Crippen LogP contribution is -2.37. The van der Waals surface area contributed by atoms with Crippen LogP contribution < -0.4 is 10.6 Å². The Kier molecular flexibility index (Phi) is 3.05. The molecule has 2 rings (SSSR count). The molecule has 0 unspecified atom stereocenters. The van der Waals surface area contributed by atoms with E-state index < -0.39 is 0 Å². The standard InChI is InChI=1S/C11H13N3O2/c15-10(14-7-6-12-11(14)16)8-13-9-4-2-1-3-5-9/h1-5,13H,6-8H2,(H,12,16). The lowest BCUT2D eigenvalue weighted by molar-refractivity contribution is -0.125. The Labute approximate surface area is 93.4 Å². The molecule has 1 saturated heterocycles. The maximum atomic E-state index is 11.6. The highest BCUT2D eigenvalue weighted by molar-refractivity contribution is 5.97. The van der Waals surface area contributed by atoms with Crippen LogP contribution in [-0.4, -0.2) is 36.5 Å². The molecular weight excluding hydrogens is 206 g/mol. The maximum Gasteiger partial charge on any atom is 0.324 e. The molecule has 1 aliphatic rings. The van der Waals surface area contributed by atoms with Gasteiger partial charge in [0.1, 0.15) is 0 Å². The van der Waals surface area contributed by atoms with E-state index in [0.29, 0.717) is 13.1 Å². The Morgan fingerprint density at radius 1 is 1.38 bits per heavy atom. The molecule has 0 aromatic heterocycles. The molecule has 0 saturated carbocycles. The number of carbonyl (C=O) groups is 2. The van der Waals surface area contributed by atoms with Crippen molar-refractivity contribution in [3.63, 3.8) is 0 Å². The summed E-state index contributed by atoms with van der Waals surface area (Å²) in [6.07, 6.45) is 0. The minimum atomic E-state index is -0.306. The summed E-state index contributed by atoms with van der Waals surface area (Å²) in [6, 6.07) is 9.11. The number of benzene rings is 1. The largest absolute Gasteiger partial charge is 0.376 e. The van der Waals surface area contributed by atoms with Gasteiger partial charge < -0.3 is 10.6 Å². The monoisotopic (exact) mass is 219 g/mol. The number of hydrogen-bond donors (Lipinski definition) is 2. The van der Waals surface area contributed by atoms with E-state index in [1.165, 1.54) is 4.90 Å². The van der Waals surface area contributed by atoms with Crippen molar-refractivity contribution in [3.05, 3.63) is 30.3 Å². The average Bonchev–Trinajstić information content (AvgIpc) is 2.74. The Hall–Kier alpha value is -2.04. The third-order valence-electron chi connectivity index (χ3n) is 2.38. The van der Waals surface area contributed by atoms with Crippen LogP contribution in [0.15, 0.2) is 30.3 Å². The minimum absolute atomic E-state index is 0.136. The fourth-order valence-electron chi connectivity index (χ4n) is 1.54. The average molecular weight is 219 g/mol. The zero-order valence-corrected chi connectivity index (χ0v) is 8.77. The van der Waals surface area contributed by atoms with E-state index in [0.717, 1.165) is 5.69 Å². The molecule has 1 aromatic carbocycles. The van der Waals surface area contributed by atoms with Crippen LogP contribution in [0.5, 0.6) is 0 Å². The third-order valence-corrected chi connectivity index (χ3v) is 2.38. The zero-order valence-electron chi connectivity index (χ0n) is 8.77. The number of rotatable bonds is 3. The molecule has 1 aromatic rings. The van der Waals surface area contributed by atoms with Crippen LogP contribution >= 0.6 is 0 Å². The first kappa shape index (κ1) is 10.5. The van der Waals surface area contributed by atoms with Crippen LogP contribution in [0.3, 0.4) is 0 Å². The number of anilines is 1. The second kappa shape index (κ2) is 4.65. The summed E-state index contributed by atoms with van der Waals surface area (Å²) in [5.74, 6) is -0.209. The van der Waals surface area contributed by atoms with Crippen molar-refractivity contribution >= 4 is 17.6 Å². The van der Waals surface area contributed by atoms with Crippen molar-refractivity contribution in [1.29, 1.82) is 0 Å². The number of imide groups is 1. The van der Waals surface area contributed by atoms with E-state index in [4.69, 9.17) is 0 Å². The molecule has 5 heteroatoms. The van der Waals surface area contributed by atoms with Gasteiger partial charge in [-0.1, -0.05) is 18.2 Å². The van der Waals surface area contributed by atoms with Gasteiger partial charge in [0, 0.05) is 18.8 Å². The lowest BCUT2D eigenvalue weighted by atomic mass is 10.3. The number of hydrogen-bond acceptors (Lipinski definition) is 3. The highest BCUT2D eigenvalue weighted by Crippen LogP contribution is 2.05. The SMILES string of the molecule is O=C(CNc1ccccc1)N1CCNC1=O. The first-order valence-electron chi connectivity index (χ1n) is 5.14. The van der Waals surface area contributed by atoms with Crippen LogP contribution in [0.2, 0.25) is 0 Å². The Bertz CT molecular complexity index is 391. The number of urea groups is 1. The van der Waals surface area contributed by atoms with Crippen molar-refractivity contribution in [2.75, 3.05) is 25.0 Å². The Balaban J connectivity index is 1.86. The zero-order chi connectivity index (χ0) is 11.4. The number of amides is 3. The Morgan fingerprint density at radius 3 is 2.75 bits per heavy atom. The predicted molar refractivity (Wildman–Crippen MR) is 60.0 cm³/mol. The summed E-state index contributed by atoms with van der Waals surface area (Å²) < 4.78 is 0. The molecule has 0 spiro atoms. The van der Waals surface area contributed by atoms with Gasteiger partial charge in [-0.15, -0.1) is 0 Å². The van der Waals surface area contributed by atoms with Gasteiger partial charge in [-0.2, -0.15) is 0 Å². The molecule has 1 fully saturated rings. The number of nitrogens with zero attached hydrogens (tertiary/aromatic N) is 1.